The zero-order valence-electron chi connectivity index (χ0n) is 9.63. The van der Waals surface area contributed by atoms with Crippen molar-refractivity contribution in [3.05, 3.63) is 46.8 Å². The Morgan fingerprint density at radius 1 is 1.15 bits per heavy atom. The molecule has 0 unspecified atom stereocenters. The number of nitrogens with one attached hydrogen (secondary N) is 1. The van der Waals surface area contributed by atoms with E-state index in [1.54, 1.807) is 0 Å². The summed E-state index contributed by atoms with van der Waals surface area (Å²) in [6, 6.07) is 4.80. The summed E-state index contributed by atoms with van der Waals surface area (Å²) >= 11 is 0.557. The second kappa shape index (κ2) is 5.17. The zero-order valence-corrected chi connectivity index (χ0v) is 11.3. The van der Waals surface area contributed by atoms with Crippen LogP contribution in [0.3, 0.4) is 0 Å². The van der Waals surface area contributed by atoms with Crippen LogP contribution in [-0.2, 0) is 10.0 Å². The van der Waals surface area contributed by atoms with E-state index < -0.39 is 27.6 Å². The highest BCUT2D eigenvalue weighted by Crippen LogP contribution is 2.24. The Labute approximate surface area is 116 Å². The molecule has 1 heterocycles. The first-order valence-corrected chi connectivity index (χ1v) is 7.40. The van der Waals surface area contributed by atoms with Gasteiger partial charge in [0.05, 0.1) is 5.69 Å². The lowest BCUT2D eigenvalue weighted by atomic mass is 10.3. The average molecular weight is 319 g/mol. The first kappa shape index (κ1) is 14.4. The van der Waals surface area contributed by atoms with Gasteiger partial charge in [0.15, 0.2) is 11.6 Å². The van der Waals surface area contributed by atoms with E-state index in [2.05, 4.69) is 0 Å². The summed E-state index contributed by atoms with van der Waals surface area (Å²) in [5.74, 6) is -3.54. The number of anilines is 1. The van der Waals surface area contributed by atoms with Crippen molar-refractivity contribution in [2.24, 2.45) is 0 Å². The zero-order chi connectivity index (χ0) is 14.9. The van der Waals surface area contributed by atoms with Crippen molar-refractivity contribution in [1.82, 2.24) is 0 Å². The second-order valence-electron chi connectivity index (χ2n) is 3.66. The summed E-state index contributed by atoms with van der Waals surface area (Å²) in [5, 5.41) is 8.72. The van der Waals surface area contributed by atoms with Gasteiger partial charge in [0.25, 0.3) is 10.0 Å². The predicted molar refractivity (Wildman–Crippen MR) is 68.4 cm³/mol. The monoisotopic (exact) mass is 319 g/mol. The van der Waals surface area contributed by atoms with Crippen LogP contribution in [0, 0.1) is 11.6 Å². The molecule has 0 radical (unpaired) electrons. The van der Waals surface area contributed by atoms with Crippen molar-refractivity contribution in [3.8, 4) is 0 Å². The number of sulfonamides is 1. The fourth-order valence-corrected chi connectivity index (χ4v) is 3.54. The van der Waals surface area contributed by atoms with Gasteiger partial charge in [0, 0.05) is 6.07 Å². The van der Waals surface area contributed by atoms with Crippen molar-refractivity contribution in [3.63, 3.8) is 0 Å². The summed E-state index contributed by atoms with van der Waals surface area (Å²) in [7, 11) is -4.04. The van der Waals surface area contributed by atoms with Crippen LogP contribution in [0.5, 0.6) is 0 Å². The predicted octanol–water partition coefficient (Wildman–Crippen LogP) is 2.53. The van der Waals surface area contributed by atoms with Gasteiger partial charge in [-0.3, -0.25) is 4.72 Å². The van der Waals surface area contributed by atoms with Crippen molar-refractivity contribution in [2.75, 3.05) is 4.72 Å². The van der Waals surface area contributed by atoms with Gasteiger partial charge in [-0.25, -0.2) is 22.0 Å². The number of rotatable bonds is 4. The van der Waals surface area contributed by atoms with Crippen LogP contribution < -0.4 is 4.72 Å². The molecule has 5 nitrogen and oxygen atoms in total. The number of hydrogen-bond acceptors (Lipinski definition) is 4. The molecular weight excluding hydrogens is 312 g/mol. The molecule has 9 heteroatoms. The van der Waals surface area contributed by atoms with Gasteiger partial charge in [-0.2, -0.15) is 0 Å². The number of thiophene rings is 1. The fraction of sp³-hybridized carbons (Fsp3) is 0. The molecule has 0 spiro atoms. The lowest BCUT2D eigenvalue weighted by Crippen LogP contribution is -2.11. The maximum absolute atomic E-state index is 13.0. The molecular formula is C11H7F2NO4S2. The van der Waals surface area contributed by atoms with Crippen LogP contribution in [-0.4, -0.2) is 19.5 Å². The van der Waals surface area contributed by atoms with Crippen LogP contribution in [0.15, 0.2) is 34.5 Å². The maximum atomic E-state index is 13.0. The minimum absolute atomic E-state index is 0.143. The smallest absolute Gasteiger partial charge is 0.345 e. The minimum Gasteiger partial charge on any atom is -0.477 e. The van der Waals surface area contributed by atoms with Gasteiger partial charge in [0.2, 0.25) is 0 Å². The summed E-state index contributed by atoms with van der Waals surface area (Å²) in [6.45, 7) is 0. The molecule has 2 rings (SSSR count). The third kappa shape index (κ3) is 2.94. The molecule has 0 aliphatic rings. The number of hydrogen-bond donors (Lipinski definition) is 2. The molecule has 0 bridgehead atoms. The molecule has 0 saturated carbocycles. The van der Waals surface area contributed by atoms with E-state index in [1.165, 1.54) is 0 Å². The Hall–Kier alpha value is -2.00. The third-order valence-electron chi connectivity index (χ3n) is 2.23. The highest BCUT2D eigenvalue weighted by Gasteiger charge is 2.19. The Bertz CT molecular complexity index is 770. The Morgan fingerprint density at radius 2 is 1.85 bits per heavy atom. The summed E-state index contributed by atoms with van der Waals surface area (Å²) in [6.07, 6.45) is 0. The number of benzene rings is 1. The van der Waals surface area contributed by atoms with Gasteiger partial charge >= 0.3 is 5.97 Å². The first-order chi connectivity index (χ1) is 9.29. The molecule has 0 fully saturated rings. The molecule has 106 valence electrons. The summed E-state index contributed by atoms with van der Waals surface area (Å²) in [4.78, 5) is 10.5. The number of halogens is 2. The highest BCUT2D eigenvalue weighted by atomic mass is 32.2. The standard InChI is InChI=1S/C11H7F2NO4S2/c12-7-2-1-6(5-8(7)13)14-20(17,18)10-4-3-9(19-10)11(15)16/h1-5,14H,(H,15,16). The molecule has 0 amide bonds. The van der Waals surface area contributed by atoms with Crippen LogP contribution >= 0.6 is 11.3 Å². The Balaban J connectivity index is 2.30. The van der Waals surface area contributed by atoms with Gasteiger partial charge in [-0.05, 0) is 24.3 Å². The van der Waals surface area contributed by atoms with Crippen molar-refractivity contribution >= 4 is 33.0 Å². The van der Waals surface area contributed by atoms with Crippen LogP contribution in [0.25, 0.3) is 0 Å². The molecule has 0 aliphatic heterocycles. The van der Waals surface area contributed by atoms with E-state index in [-0.39, 0.29) is 14.8 Å². The third-order valence-corrected chi connectivity index (χ3v) is 5.18. The van der Waals surface area contributed by atoms with Gasteiger partial charge in [-0.15, -0.1) is 11.3 Å². The Morgan fingerprint density at radius 3 is 2.40 bits per heavy atom. The topological polar surface area (TPSA) is 83.5 Å². The van der Waals surface area contributed by atoms with Crippen molar-refractivity contribution < 1.29 is 27.1 Å². The molecule has 20 heavy (non-hydrogen) atoms. The molecule has 1 aromatic carbocycles. The maximum Gasteiger partial charge on any atom is 0.345 e. The molecule has 0 aliphatic carbocycles. The van der Waals surface area contributed by atoms with E-state index in [0.717, 1.165) is 24.3 Å². The number of carbonyl (C=O) groups is 1. The van der Waals surface area contributed by atoms with Gasteiger partial charge < -0.3 is 5.11 Å². The number of aromatic carboxylic acids is 1. The van der Waals surface area contributed by atoms with Gasteiger partial charge in [-0.1, -0.05) is 0 Å². The first-order valence-electron chi connectivity index (χ1n) is 5.10. The lowest BCUT2D eigenvalue weighted by Gasteiger charge is -2.06. The van der Waals surface area contributed by atoms with Gasteiger partial charge in [0.1, 0.15) is 9.09 Å². The second-order valence-corrected chi connectivity index (χ2v) is 6.65. The van der Waals surface area contributed by atoms with E-state index in [4.69, 9.17) is 5.11 Å². The molecule has 0 atom stereocenters. The fourth-order valence-electron chi connectivity index (χ4n) is 1.34. The SMILES string of the molecule is O=C(O)c1ccc(S(=O)(=O)Nc2ccc(F)c(F)c2)s1. The quantitative estimate of drug-likeness (QED) is 0.907. The molecule has 1 aromatic heterocycles. The van der Waals surface area contributed by atoms with Crippen LogP contribution in [0.2, 0.25) is 0 Å². The summed E-state index contributed by atoms with van der Waals surface area (Å²) < 4.78 is 51.4. The van der Waals surface area contributed by atoms with E-state index in [9.17, 15) is 22.0 Å². The number of carboxylic acid groups (broad SMARTS) is 1. The molecule has 0 saturated heterocycles. The van der Waals surface area contributed by atoms with E-state index >= 15 is 0 Å². The molecule has 2 N–H and O–H groups in total. The van der Waals surface area contributed by atoms with E-state index in [1.807, 2.05) is 4.72 Å². The lowest BCUT2D eigenvalue weighted by molar-refractivity contribution is 0.0702. The normalized spacial score (nSPS) is 11.3. The average Bonchev–Trinajstić information content (AvgIpc) is 2.84. The minimum atomic E-state index is -4.04. The largest absolute Gasteiger partial charge is 0.477 e. The van der Waals surface area contributed by atoms with E-state index in [0.29, 0.717) is 17.4 Å². The molecule has 2 aromatic rings. The van der Waals surface area contributed by atoms with Crippen LogP contribution in [0.4, 0.5) is 14.5 Å². The Kier molecular flexibility index (Phi) is 3.73. The number of carboxylic acids is 1. The van der Waals surface area contributed by atoms with Crippen LogP contribution in [0.1, 0.15) is 9.67 Å². The summed E-state index contributed by atoms with van der Waals surface area (Å²) in [5.41, 5.74) is -0.158. The van der Waals surface area contributed by atoms with Crippen molar-refractivity contribution in [1.29, 1.82) is 0 Å². The van der Waals surface area contributed by atoms with Crippen molar-refractivity contribution in [2.45, 2.75) is 4.21 Å². The highest BCUT2D eigenvalue weighted by molar-refractivity contribution is 7.94.